The van der Waals surface area contributed by atoms with Gasteiger partial charge in [0.2, 0.25) is 0 Å². The standard InChI is InChI=1S/C49H75N7O13/c1-11-39-32(19-21-65-49-47(64-10)46(63-9)43(61)31(6)67-49)22-27(2)16-17-37(57)28(3)23-33(18-20-55-25-34(50-52-55)26-56-36-15-13-12-14-35(36)51-53-56)45(29(4)38(58)24-40(59)68-39)69-48-44(62)41(54(7)8)42(60)30(5)66-48/h12-17,22,25,28-33,38-39,41-49,58,60-62H,11,18-21,23-24,26H2,1-10H3/b17-16+,27-22+/t28-,29+,30-,31?,32+,33+,38-,39-,41?,42-,43-,44?,45-,46+,47?,48+,49-/m1/s1. The molecule has 17 atom stereocenters. The van der Waals surface area contributed by atoms with Crippen LogP contribution in [0.2, 0.25) is 0 Å². The Balaban J connectivity index is 1.27. The van der Waals surface area contributed by atoms with Crippen LogP contribution >= 0.6 is 0 Å². The van der Waals surface area contributed by atoms with Crippen LogP contribution in [0.1, 0.15) is 79.3 Å². The number of aliphatic hydroxyl groups excluding tert-OH is 4. The minimum atomic E-state index is -1.29. The Labute approximate surface area is 404 Å². The van der Waals surface area contributed by atoms with Crippen molar-refractivity contribution in [3.63, 3.8) is 0 Å². The van der Waals surface area contributed by atoms with Crippen LogP contribution in [0.3, 0.4) is 0 Å². The Morgan fingerprint density at radius 1 is 0.855 bits per heavy atom. The number of aromatic nitrogens is 6. The molecular weight excluding hydrogens is 895 g/mol. The van der Waals surface area contributed by atoms with E-state index in [0.29, 0.717) is 44.5 Å². The number of esters is 1. The average molecular weight is 970 g/mol. The van der Waals surface area contributed by atoms with Gasteiger partial charge in [-0.3, -0.25) is 14.3 Å². The predicted molar refractivity (Wildman–Crippen MR) is 251 cm³/mol. The smallest absolute Gasteiger partial charge is 0.308 e. The number of allylic oxidation sites excluding steroid dienone is 3. The number of carbonyl (C=O) groups excluding carboxylic acids is 2. The lowest BCUT2D eigenvalue weighted by Crippen LogP contribution is -2.63. The number of para-hydroxylation sites is 1. The number of ether oxygens (including phenoxy) is 7. The molecule has 4 N–H and O–H groups in total. The minimum absolute atomic E-state index is 0.129. The van der Waals surface area contributed by atoms with Gasteiger partial charge in [0.25, 0.3) is 0 Å². The van der Waals surface area contributed by atoms with Crippen LogP contribution in [0.25, 0.3) is 11.0 Å². The Hall–Kier alpha value is -4.06. The maximum Gasteiger partial charge on any atom is 0.308 e. The Kier molecular flexibility index (Phi) is 19.6. The fourth-order valence-electron chi connectivity index (χ4n) is 9.92. The largest absolute Gasteiger partial charge is 0.462 e. The summed E-state index contributed by atoms with van der Waals surface area (Å²) < 4.78 is 45.9. The molecule has 0 spiro atoms. The third kappa shape index (κ3) is 13.5. The fourth-order valence-corrected chi connectivity index (χ4v) is 9.92. The number of aryl methyl sites for hydroxylation is 1. The van der Waals surface area contributed by atoms with Crippen molar-refractivity contribution in [3.05, 3.63) is 60.0 Å². The van der Waals surface area contributed by atoms with Gasteiger partial charge in [-0.1, -0.05) is 61.1 Å². The molecule has 2 fully saturated rings. The minimum Gasteiger partial charge on any atom is -0.462 e. The lowest BCUT2D eigenvalue weighted by atomic mass is 9.79. The van der Waals surface area contributed by atoms with Crippen molar-refractivity contribution in [2.24, 2.45) is 23.7 Å². The molecule has 2 saturated heterocycles. The van der Waals surface area contributed by atoms with Crippen LogP contribution in [0.4, 0.5) is 0 Å². The van der Waals surface area contributed by atoms with Gasteiger partial charge < -0.3 is 58.5 Å². The number of likely N-dealkylation sites (N-methyl/N-ethyl adjacent to an activating group) is 1. The molecule has 3 aliphatic rings. The second kappa shape index (κ2) is 24.9. The number of aliphatic hydroxyl groups is 4. The van der Waals surface area contributed by atoms with Gasteiger partial charge in [-0.2, -0.15) is 0 Å². The average Bonchev–Trinajstić information content (AvgIpc) is 3.96. The van der Waals surface area contributed by atoms with Crippen LogP contribution in [0.15, 0.2) is 54.3 Å². The van der Waals surface area contributed by atoms with E-state index in [-0.39, 0.29) is 24.7 Å². The summed E-state index contributed by atoms with van der Waals surface area (Å²) in [5.74, 6) is -2.87. The number of methoxy groups -OCH3 is 2. The Morgan fingerprint density at radius 3 is 2.28 bits per heavy atom. The first-order chi connectivity index (χ1) is 32.9. The molecule has 0 aliphatic carbocycles. The van der Waals surface area contributed by atoms with E-state index in [2.05, 4.69) is 20.6 Å². The summed E-state index contributed by atoms with van der Waals surface area (Å²) in [5, 5.41) is 62.8. The second-order valence-electron chi connectivity index (χ2n) is 19.3. The van der Waals surface area contributed by atoms with Gasteiger partial charge in [0, 0.05) is 38.5 Å². The quantitative estimate of drug-likeness (QED) is 0.160. The van der Waals surface area contributed by atoms with Crippen molar-refractivity contribution in [3.8, 4) is 0 Å². The Bertz CT molecular complexity index is 2170. The number of hydrogen-bond acceptors (Lipinski definition) is 18. The molecule has 0 bridgehead atoms. The van der Waals surface area contributed by atoms with E-state index in [9.17, 15) is 30.0 Å². The second-order valence-corrected chi connectivity index (χ2v) is 19.3. The molecule has 20 heteroatoms. The van der Waals surface area contributed by atoms with Crippen LogP contribution in [0, 0.1) is 23.7 Å². The fraction of sp³-hybridized carbons (Fsp3) is 0.714. The van der Waals surface area contributed by atoms with E-state index >= 15 is 0 Å². The highest BCUT2D eigenvalue weighted by Gasteiger charge is 2.48. The first-order valence-corrected chi connectivity index (χ1v) is 24.2. The van der Waals surface area contributed by atoms with Gasteiger partial charge >= 0.3 is 5.97 Å². The van der Waals surface area contributed by atoms with E-state index in [0.717, 1.165) is 16.6 Å². The zero-order valence-electron chi connectivity index (χ0n) is 41.7. The van der Waals surface area contributed by atoms with Crippen molar-refractivity contribution in [1.29, 1.82) is 0 Å². The first-order valence-electron chi connectivity index (χ1n) is 24.2. The summed E-state index contributed by atoms with van der Waals surface area (Å²) in [7, 11) is 6.49. The summed E-state index contributed by atoms with van der Waals surface area (Å²) in [5.41, 5.74) is 3.05. The number of hydrogen-bond donors (Lipinski definition) is 4. The summed E-state index contributed by atoms with van der Waals surface area (Å²) in [6.45, 7) is 11.7. The van der Waals surface area contributed by atoms with Crippen molar-refractivity contribution in [1.82, 2.24) is 34.9 Å². The van der Waals surface area contributed by atoms with E-state index in [1.54, 1.807) is 61.3 Å². The number of carbonyl (C=O) groups is 2. The molecule has 2 aromatic heterocycles. The van der Waals surface area contributed by atoms with Crippen LogP contribution in [0.5, 0.6) is 0 Å². The molecule has 1 aromatic carbocycles. The van der Waals surface area contributed by atoms with Crippen molar-refractivity contribution >= 4 is 22.8 Å². The van der Waals surface area contributed by atoms with Gasteiger partial charge in [-0.25, -0.2) is 4.68 Å². The van der Waals surface area contributed by atoms with Gasteiger partial charge in [0.15, 0.2) is 18.4 Å². The lowest BCUT2D eigenvalue weighted by molar-refractivity contribution is -0.304. The molecule has 20 nitrogen and oxygen atoms in total. The summed E-state index contributed by atoms with van der Waals surface area (Å²) >= 11 is 0. The van der Waals surface area contributed by atoms with Gasteiger partial charge in [-0.15, -0.1) is 10.2 Å². The van der Waals surface area contributed by atoms with E-state index in [4.69, 9.17) is 33.2 Å². The van der Waals surface area contributed by atoms with Gasteiger partial charge in [-0.05, 0) is 84.7 Å². The van der Waals surface area contributed by atoms with Gasteiger partial charge in [0.1, 0.15) is 41.7 Å². The monoisotopic (exact) mass is 970 g/mol. The molecule has 3 aliphatic heterocycles. The zero-order valence-corrected chi connectivity index (χ0v) is 41.7. The van der Waals surface area contributed by atoms with Crippen molar-refractivity contribution in [2.75, 3.05) is 34.9 Å². The topological polar surface area (TPSA) is 244 Å². The Morgan fingerprint density at radius 2 is 1.57 bits per heavy atom. The highest BCUT2D eigenvalue weighted by Crippen LogP contribution is 2.35. The van der Waals surface area contributed by atoms with Crippen molar-refractivity contribution in [2.45, 2.75) is 166 Å². The van der Waals surface area contributed by atoms with Crippen LogP contribution in [-0.2, 0) is 55.8 Å². The zero-order chi connectivity index (χ0) is 50.1. The molecule has 0 saturated carbocycles. The maximum absolute atomic E-state index is 14.1. The lowest BCUT2D eigenvalue weighted by Gasteiger charge is -2.46. The normalized spacial score (nSPS) is 36.9. The van der Waals surface area contributed by atoms with E-state index in [1.165, 1.54) is 14.2 Å². The highest BCUT2D eigenvalue weighted by molar-refractivity contribution is 5.91. The number of cyclic esters (lactones) is 1. The van der Waals surface area contributed by atoms with Gasteiger partial charge in [0.05, 0.1) is 67.8 Å². The molecule has 0 amide bonds. The first kappa shape index (κ1) is 54.3. The predicted octanol–water partition coefficient (Wildman–Crippen LogP) is 2.84. The number of nitrogens with zero attached hydrogens (tertiary/aromatic N) is 7. The third-order valence-electron chi connectivity index (χ3n) is 14.0. The number of rotatable bonds is 15. The summed E-state index contributed by atoms with van der Waals surface area (Å²) in [4.78, 5) is 29.7. The number of benzene rings is 1. The third-order valence-corrected chi connectivity index (χ3v) is 14.0. The van der Waals surface area contributed by atoms with Crippen molar-refractivity contribution < 1.29 is 63.2 Å². The van der Waals surface area contributed by atoms with E-state index < -0.39 is 103 Å². The maximum atomic E-state index is 14.1. The molecule has 6 rings (SSSR count). The van der Waals surface area contributed by atoms with E-state index in [1.807, 2.05) is 57.3 Å². The highest BCUT2D eigenvalue weighted by atomic mass is 16.7. The molecule has 69 heavy (non-hydrogen) atoms. The molecule has 3 aromatic rings. The number of ketones is 1. The molecule has 384 valence electrons. The summed E-state index contributed by atoms with van der Waals surface area (Å²) in [6.07, 6.45) is -2.55. The molecule has 4 unspecified atom stereocenters. The van der Waals surface area contributed by atoms with Crippen LogP contribution in [-0.4, -0.2) is 182 Å². The molecule has 5 heterocycles. The summed E-state index contributed by atoms with van der Waals surface area (Å²) in [6, 6.07) is 6.90. The SMILES string of the molecule is CC[C@H]1OC(=O)C[C@@H](O)[C@H](C)[C@@H](O[C@@H]2O[C@H](C)[C@@H](O)C(N(C)C)C2O)[C@@H](CCn2cc(Cn3nnc4ccccc43)nn2)C[C@@H](C)C(=O)/C=C/C(C)=C/[C@@H]1CCO[C@@H]1OC(C)[C@@H](O)[C@H](OC)C1OC. The molecule has 0 radical (unpaired) electrons. The van der Waals surface area contributed by atoms with Crippen LogP contribution < -0.4 is 0 Å². The molecular formula is C49H75N7O13. The number of fused-ring (bicyclic) bond motifs is 1.